The van der Waals surface area contributed by atoms with E-state index in [4.69, 9.17) is 4.74 Å². The number of allylic oxidation sites excluding steroid dienone is 2. The second-order valence-electron chi connectivity index (χ2n) is 8.90. The van der Waals surface area contributed by atoms with Crippen LogP contribution in [0.3, 0.4) is 0 Å². The van der Waals surface area contributed by atoms with Crippen LogP contribution >= 0.6 is 0 Å². The summed E-state index contributed by atoms with van der Waals surface area (Å²) in [5, 5.41) is 0. The van der Waals surface area contributed by atoms with Crippen molar-refractivity contribution in [3.8, 4) is 5.75 Å². The molecule has 2 aliphatic rings. The second-order valence-corrected chi connectivity index (χ2v) is 8.90. The number of anilines is 1. The number of hydrogen-bond acceptors (Lipinski definition) is 3. The highest BCUT2D eigenvalue weighted by atomic mass is 16.5. The number of ketones is 1. The zero-order valence-electron chi connectivity index (χ0n) is 19.0. The van der Waals surface area contributed by atoms with Crippen LogP contribution in [-0.4, -0.2) is 18.8 Å². The molecule has 2 unspecified atom stereocenters. The Labute approximate surface area is 194 Å². The van der Waals surface area contributed by atoms with Gasteiger partial charge in [-0.15, -0.1) is 0 Å². The van der Waals surface area contributed by atoms with Gasteiger partial charge in [0.2, 0.25) is 5.91 Å². The largest absolute Gasteiger partial charge is 0.497 e. The minimum atomic E-state index is -0.233. The number of methoxy groups -OCH3 is 1. The van der Waals surface area contributed by atoms with Crippen LogP contribution in [-0.2, 0) is 9.59 Å². The SMILES string of the molecule is COc1ccc(C2CC(=O)N(c3cccc(C)c3)C3=C2C(=O)CC(c2ccccc2)C3)cc1. The fourth-order valence-electron chi connectivity index (χ4n) is 5.18. The summed E-state index contributed by atoms with van der Waals surface area (Å²) in [4.78, 5) is 29.0. The van der Waals surface area contributed by atoms with Crippen molar-refractivity contribution in [3.63, 3.8) is 0 Å². The summed E-state index contributed by atoms with van der Waals surface area (Å²) in [6.45, 7) is 2.02. The maximum atomic E-state index is 13.6. The van der Waals surface area contributed by atoms with Crippen LogP contribution in [0.4, 0.5) is 5.69 Å². The standard InChI is InChI=1S/C29H27NO3/c1-19-7-6-10-23(15-19)30-26-16-22(20-8-4-3-5-9-20)17-27(31)29(26)25(18-28(30)32)21-11-13-24(33-2)14-12-21/h3-15,22,25H,16-18H2,1-2H3. The lowest BCUT2D eigenvalue weighted by Gasteiger charge is -2.40. The number of carbonyl (C=O) groups is 2. The Morgan fingerprint density at radius 1 is 0.818 bits per heavy atom. The predicted octanol–water partition coefficient (Wildman–Crippen LogP) is 5.92. The van der Waals surface area contributed by atoms with E-state index >= 15 is 0 Å². The number of Topliss-reactive ketones (excluding diaryl/α,β-unsaturated/α-hetero) is 1. The van der Waals surface area contributed by atoms with Crippen molar-refractivity contribution in [1.82, 2.24) is 0 Å². The molecule has 0 bridgehead atoms. The molecular formula is C29H27NO3. The van der Waals surface area contributed by atoms with Crippen molar-refractivity contribution in [1.29, 1.82) is 0 Å². The zero-order valence-corrected chi connectivity index (χ0v) is 19.0. The topological polar surface area (TPSA) is 46.6 Å². The molecule has 0 radical (unpaired) electrons. The minimum Gasteiger partial charge on any atom is -0.497 e. The van der Waals surface area contributed by atoms with Crippen LogP contribution in [0.25, 0.3) is 0 Å². The molecule has 2 atom stereocenters. The van der Waals surface area contributed by atoms with Crippen LogP contribution < -0.4 is 9.64 Å². The van der Waals surface area contributed by atoms with Gasteiger partial charge in [0.15, 0.2) is 5.78 Å². The van der Waals surface area contributed by atoms with E-state index in [0.717, 1.165) is 39.4 Å². The molecule has 0 aromatic heterocycles. The third kappa shape index (κ3) is 3.97. The second kappa shape index (κ2) is 8.70. The first-order valence-corrected chi connectivity index (χ1v) is 11.4. The van der Waals surface area contributed by atoms with Crippen LogP contribution in [0.1, 0.15) is 47.8 Å². The molecule has 166 valence electrons. The van der Waals surface area contributed by atoms with Crippen LogP contribution in [0.2, 0.25) is 0 Å². The first kappa shape index (κ1) is 21.2. The smallest absolute Gasteiger partial charge is 0.232 e. The quantitative estimate of drug-likeness (QED) is 0.509. The predicted molar refractivity (Wildman–Crippen MR) is 129 cm³/mol. The maximum Gasteiger partial charge on any atom is 0.232 e. The molecule has 0 fully saturated rings. The van der Waals surface area contributed by atoms with Crippen LogP contribution in [0.15, 0.2) is 90.1 Å². The number of ether oxygens (including phenoxy) is 1. The molecule has 1 aliphatic heterocycles. The summed E-state index contributed by atoms with van der Waals surface area (Å²) in [5.41, 5.74) is 5.67. The van der Waals surface area contributed by atoms with E-state index in [0.29, 0.717) is 12.8 Å². The van der Waals surface area contributed by atoms with E-state index in [-0.39, 0.29) is 29.9 Å². The summed E-state index contributed by atoms with van der Waals surface area (Å²) >= 11 is 0. The van der Waals surface area contributed by atoms with E-state index in [1.807, 2.05) is 73.7 Å². The third-order valence-corrected chi connectivity index (χ3v) is 6.78. The number of nitrogens with zero attached hydrogens (tertiary/aromatic N) is 1. The number of aryl methyl sites for hydroxylation is 1. The molecular weight excluding hydrogens is 410 g/mol. The van der Waals surface area contributed by atoms with Gasteiger partial charge in [-0.1, -0.05) is 54.6 Å². The zero-order chi connectivity index (χ0) is 22.9. The first-order valence-electron chi connectivity index (χ1n) is 11.4. The van der Waals surface area contributed by atoms with Gasteiger partial charge in [-0.25, -0.2) is 0 Å². The number of hydrogen-bond donors (Lipinski definition) is 0. The van der Waals surface area contributed by atoms with Crippen LogP contribution in [0, 0.1) is 6.92 Å². The molecule has 3 aromatic rings. The van der Waals surface area contributed by atoms with Gasteiger partial charge in [0, 0.05) is 35.7 Å². The van der Waals surface area contributed by atoms with E-state index < -0.39 is 0 Å². The van der Waals surface area contributed by atoms with Gasteiger partial charge in [0.25, 0.3) is 0 Å². The summed E-state index contributed by atoms with van der Waals surface area (Å²) in [6.07, 6.45) is 1.41. The highest BCUT2D eigenvalue weighted by Crippen LogP contribution is 2.47. The molecule has 0 N–H and O–H groups in total. The first-order chi connectivity index (χ1) is 16.0. The molecule has 1 aliphatic carbocycles. The minimum absolute atomic E-state index is 0.0293. The molecule has 33 heavy (non-hydrogen) atoms. The van der Waals surface area contributed by atoms with Gasteiger partial charge < -0.3 is 4.74 Å². The molecule has 0 saturated heterocycles. The molecule has 5 rings (SSSR count). The van der Waals surface area contributed by atoms with Crippen molar-refractivity contribution in [3.05, 3.63) is 107 Å². The number of amides is 1. The van der Waals surface area contributed by atoms with E-state index in [2.05, 4.69) is 12.1 Å². The van der Waals surface area contributed by atoms with E-state index in [1.54, 1.807) is 12.0 Å². The van der Waals surface area contributed by atoms with Gasteiger partial charge in [0.1, 0.15) is 5.75 Å². The number of carbonyl (C=O) groups excluding carboxylic acids is 2. The normalized spacial score (nSPS) is 20.6. The lowest BCUT2D eigenvalue weighted by molar-refractivity contribution is -0.120. The Kier molecular flexibility index (Phi) is 5.59. The van der Waals surface area contributed by atoms with Gasteiger partial charge >= 0.3 is 0 Å². The molecule has 4 heteroatoms. The average molecular weight is 438 g/mol. The summed E-state index contributed by atoms with van der Waals surface area (Å²) < 4.78 is 5.30. The maximum absolute atomic E-state index is 13.6. The molecule has 1 heterocycles. The van der Waals surface area contributed by atoms with Crippen molar-refractivity contribution in [2.24, 2.45) is 0 Å². The van der Waals surface area contributed by atoms with Gasteiger partial charge in [-0.05, 0) is 60.2 Å². The molecule has 0 saturated carbocycles. The van der Waals surface area contributed by atoms with Gasteiger partial charge in [0.05, 0.1) is 7.11 Å². The average Bonchev–Trinajstić information content (AvgIpc) is 2.84. The van der Waals surface area contributed by atoms with Crippen molar-refractivity contribution in [2.45, 2.75) is 38.0 Å². The summed E-state index contributed by atoms with van der Waals surface area (Å²) in [7, 11) is 1.63. The molecule has 0 spiro atoms. The molecule has 1 amide bonds. The Morgan fingerprint density at radius 2 is 1.58 bits per heavy atom. The van der Waals surface area contributed by atoms with Crippen LogP contribution in [0.5, 0.6) is 5.75 Å². The molecule has 3 aromatic carbocycles. The Bertz CT molecular complexity index is 1230. The van der Waals surface area contributed by atoms with Crippen molar-refractivity contribution >= 4 is 17.4 Å². The lowest BCUT2D eigenvalue weighted by atomic mass is 9.72. The number of rotatable bonds is 4. The fraction of sp³-hybridized carbons (Fsp3) is 0.241. The summed E-state index contributed by atoms with van der Waals surface area (Å²) in [5.74, 6) is 0.754. The lowest BCUT2D eigenvalue weighted by Crippen LogP contribution is -2.41. The highest BCUT2D eigenvalue weighted by molar-refractivity contribution is 6.08. The van der Waals surface area contributed by atoms with Gasteiger partial charge in [-0.3, -0.25) is 14.5 Å². The van der Waals surface area contributed by atoms with Gasteiger partial charge in [-0.2, -0.15) is 0 Å². The number of benzene rings is 3. The Hall–Kier alpha value is -3.66. The Morgan fingerprint density at radius 3 is 2.27 bits per heavy atom. The monoisotopic (exact) mass is 437 g/mol. The third-order valence-electron chi connectivity index (χ3n) is 6.78. The molecule has 4 nitrogen and oxygen atoms in total. The van der Waals surface area contributed by atoms with Crippen molar-refractivity contribution in [2.75, 3.05) is 12.0 Å². The van der Waals surface area contributed by atoms with E-state index in [9.17, 15) is 9.59 Å². The summed E-state index contributed by atoms with van der Waals surface area (Å²) in [6, 6.07) is 25.9. The van der Waals surface area contributed by atoms with Crippen molar-refractivity contribution < 1.29 is 14.3 Å². The highest BCUT2D eigenvalue weighted by Gasteiger charge is 2.42. The fourth-order valence-corrected chi connectivity index (χ4v) is 5.18. The Balaban J connectivity index is 1.64. The van der Waals surface area contributed by atoms with E-state index in [1.165, 1.54) is 0 Å².